The smallest absolute Gasteiger partial charge is 0.160 e. The quantitative estimate of drug-likeness (QED) is 0.573. The summed E-state index contributed by atoms with van der Waals surface area (Å²) in [7, 11) is 0. The van der Waals surface area contributed by atoms with Gasteiger partial charge in [-0.1, -0.05) is 12.1 Å². The maximum absolute atomic E-state index is 11.0. The van der Waals surface area contributed by atoms with Gasteiger partial charge in [-0.25, -0.2) is 4.98 Å². The summed E-state index contributed by atoms with van der Waals surface area (Å²) in [5, 5.41) is 20.8. The van der Waals surface area contributed by atoms with Crippen LogP contribution in [-0.4, -0.2) is 46.9 Å². The summed E-state index contributed by atoms with van der Waals surface area (Å²) in [4.78, 5) is 12.2. The summed E-state index contributed by atoms with van der Waals surface area (Å²) in [6, 6.07) is 9.49. The Kier molecular flexibility index (Phi) is 6.78. The molecule has 2 aromatic rings. The van der Waals surface area contributed by atoms with Gasteiger partial charge in [-0.2, -0.15) is 5.26 Å². The van der Waals surface area contributed by atoms with E-state index in [4.69, 9.17) is 21.7 Å². The van der Waals surface area contributed by atoms with Gasteiger partial charge < -0.3 is 16.6 Å². The molecular weight excluding hydrogens is 408 g/mol. The zero-order valence-corrected chi connectivity index (χ0v) is 18.3. The predicted molar refractivity (Wildman–Crippen MR) is 124 cm³/mol. The van der Waals surface area contributed by atoms with Gasteiger partial charge in [0.25, 0.3) is 0 Å². The fraction of sp³-hybridized carbons (Fsp3) is 0.435. The fourth-order valence-electron chi connectivity index (χ4n) is 3.74. The Morgan fingerprint density at radius 2 is 2.13 bits per heavy atom. The van der Waals surface area contributed by atoms with Crippen molar-refractivity contribution in [3.8, 4) is 17.3 Å². The highest BCUT2D eigenvalue weighted by molar-refractivity contribution is 7.13. The Morgan fingerprint density at radius 3 is 2.77 bits per heavy atom. The molecule has 1 saturated heterocycles. The first-order valence-electron chi connectivity index (χ1n) is 10.7. The van der Waals surface area contributed by atoms with Crippen LogP contribution in [0.2, 0.25) is 0 Å². The minimum atomic E-state index is -0.815. The van der Waals surface area contributed by atoms with Crippen LogP contribution in [0.5, 0.6) is 0 Å². The van der Waals surface area contributed by atoms with Gasteiger partial charge in [-0.3, -0.25) is 9.89 Å². The zero-order chi connectivity index (χ0) is 21.8. The Balaban J connectivity index is 1.68. The second-order valence-corrected chi connectivity index (χ2v) is 9.28. The van der Waals surface area contributed by atoms with Crippen LogP contribution in [0.4, 0.5) is 0 Å². The molecule has 1 aliphatic carbocycles. The molecule has 1 unspecified atom stereocenters. The maximum atomic E-state index is 11.0. The third kappa shape index (κ3) is 5.20. The number of hydrogen-bond donors (Lipinski definition) is 3. The van der Waals surface area contributed by atoms with E-state index in [9.17, 15) is 5.11 Å². The predicted octanol–water partition coefficient (Wildman–Crippen LogP) is 2.88. The first-order chi connectivity index (χ1) is 15.1. The van der Waals surface area contributed by atoms with Gasteiger partial charge in [-0.05, 0) is 43.7 Å². The summed E-state index contributed by atoms with van der Waals surface area (Å²) in [6.07, 6.45) is 6.95. The minimum absolute atomic E-state index is 0.0647. The molecule has 0 spiro atoms. The van der Waals surface area contributed by atoms with Crippen molar-refractivity contribution >= 4 is 23.1 Å². The molecule has 0 bridgehead atoms. The second-order valence-electron chi connectivity index (χ2n) is 8.25. The van der Waals surface area contributed by atoms with Crippen LogP contribution >= 0.6 is 11.3 Å². The monoisotopic (exact) mass is 436 g/mol. The van der Waals surface area contributed by atoms with E-state index in [0.717, 1.165) is 47.6 Å². The lowest BCUT2D eigenvalue weighted by Gasteiger charge is -2.33. The molecule has 0 radical (unpaired) electrons. The topological polar surface area (TPSA) is 125 Å². The van der Waals surface area contributed by atoms with E-state index in [1.165, 1.54) is 24.2 Å². The van der Waals surface area contributed by atoms with E-state index in [1.54, 1.807) is 18.3 Å². The SMILES string of the molecule is N#Cc1ccc(-c2nc(C(O)N3CCC[C@@H](N)C3)sc2C(C=NCC2CC2)=CN)cc1. The van der Waals surface area contributed by atoms with Crippen LogP contribution in [0.1, 0.15) is 47.4 Å². The molecule has 1 saturated carbocycles. The first-order valence-corrected chi connectivity index (χ1v) is 11.5. The molecule has 2 heterocycles. The van der Waals surface area contributed by atoms with Crippen molar-refractivity contribution in [2.75, 3.05) is 19.6 Å². The molecule has 7 nitrogen and oxygen atoms in total. The number of aliphatic imine (C=N–C) groups is 1. The van der Waals surface area contributed by atoms with Crippen molar-refractivity contribution in [1.82, 2.24) is 9.88 Å². The molecule has 0 amide bonds. The average molecular weight is 437 g/mol. The molecule has 2 aliphatic rings. The van der Waals surface area contributed by atoms with Crippen molar-refractivity contribution in [1.29, 1.82) is 5.26 Å². The number of allylic oxidation sites excluding steroid dienone is 1. The molecule has 31 heavy (non-hydrogen) atoms. The summed E-state index contributed by atoms with van der Waals surface area (Å²) in [5.41, 5.74) is 15.1. The highest BCUT2D eigenvalue weighted by Gasteiger charge is 2.28. The molecule has 1 aliphatic heterocycles. The summed E-state index contributed by atoms with van der Waals surface area (Å²) >= 11 is 1.43. The standard InChI is InChI=1S/C23H28N6OS/c24-10-15-5-7-17(8-6-15)20-21(18(11-25)13-27-12-16-3-4-16)31-22(28-20)23(30)29-9-1-2-19(26)14-29/h5-8,11,13,16,19,23,30H,1-4,9,12,14,25-26H2/t19-,23?/m1/s1. The van der Waals surface area contributed by atoms with Gasteiger partial charge in [0, 0.05) is 49.2 Å². The lowest BCUT2D eigenvalue weighted by molar-refractivity contribution is -0.0144. The number of nitrogens with zero attached hydrogens (tertiary/aromatic N) is 4. The molecular formula is C23H28N6OS. The normalized spacial score (nSPS) is 21.3. The van der Waals surface area contributed by atoms with Gasteiger partial charge in [-0.15, -0.1) is 11.3 Å². The Morgan fingerprint density at radius 1 is 1.35 bits per heavy atom. The van der Waals surface area contributed by atoms with Crippen molar-refractivity contribution in [3.05, 3.63) is 45.9 Å². The van der Waals surface area contributed by atoms with E-state index in [1.807, 2.05) is 23.2 Å². The van der Waals surface area contributed by atoms with Crippen molar-refractivity contribution in [2.24, 2.45) is 22.4 Å². The van der Waals surface area contributed by atoms with Gasteiger partial charge in [0.15, 0.2) is 6.23 Å². The molecule has 2 atom stereocenters. The van der Waals surface area contributed by atoms with Crippen LogP contribution in [0.3, 0.4) is 0 Å². The summed E-state index contributed by atoms with van der Waals surface area (Å²) < 4.78 is 0. The van der Waals surface area contributed by atoms with Crippen LogP contribution in [0.15, 0.2) is 35.5 Å². The highest BCUT2D eigenvalue weighted by atomic mass is 32.1. The molecule has 2 fully saturated rings. The molecule has 1 aromatic carbocycles. The van der Waals surface area contributed by atoms with Gasteiger partial charge in [0.2, 0.25) is 0 Å². The molecule has 4 rings (SSSR count). The second kappa shape index (κ2) is 9.71. The third-order valence-electron chi connectivity index (χ3n) is 5.72. The number of aromatic nitrogens is 1. The van der Waals surface area contributed by atoms with Crippen molar-refractivity contribution in [2.45, 2.75) is 38.0 Å². The van der Waals surface area contributed by atoms with Crippen molar-refractivity contribution < 1.29 is 5.11 Å². The van der Waals surface area contributed by atoms with Gasteiger partial charge in [0.1, 0.15) is 5.01 Å². The maximum Gasteiger partial charge on any atom is 0.160 e. The number of benzene rings is 1. The van der Waals surface area contributed by atoms with E-state index < -0.39 is 6.23 Å². The number of hydrogen-bond acceptors (Lipinski definition) is 8. The number of thiazole rings is 1. The number of nitrogens with two attached hydrogens (primary N) is 2. The number of piperidine rings is 1. The average Bonchev–Trinajstić information content (AvgIpc) is 3.52. The Hall–Kier alpha value is -2.57. The molecule has 162 valence electrons. The van der Waals surface area contributed by atoms with E-state index in [-0.39, 0.29) is 6.04 Å². The zero-order valence-electron chi connectivity index (χ0n) is 17.4. The van der Waals surface area contributed by atoms with E-state index in [0.29, 0.717) is 23.0 Å². The number of aliphatic hydroxyl groups is 1. The number of rotatable bonds is 7. The molecule has 1 aromatic heterocycles. The van der Waals surface area contributed by atoms with Crippen LogP contribution in [0, 0.1) is 17.2 Å². The van der Waals surface area contributed by atoms with Crippen LogP contribution in [0.25, 0.3) is 16.8 Å². The van der Waals surface area contributed by atoms with Crippen LogP contribution < -0.4 is 11.5 Å². The number of nitriles is 1. The Labute approximate surface area is 186 Å². The fourth-order valence-corrected chi connectivity index (χ4v) is 4.84. The van der Waals surface area contributed by atoms with Gasteiger partial charge >= 0.3 is 0 Å². The summed E-state index contributed by atoms with van der Waals surface area (Å²) in [5.74, 6) is 0.690. The third-order valence-corrected chi connectivity index (χ3v) is 6.86. The summed E-state index contributed by atoms with van der Waals surface area (Å²) in [6.45, 7) is 2.24. The number of aliphatic hydroxyl groups excluding tert-OH is 1. The van der Waals surface area contributed by atoms with Crippen LogP contribution in [-0.2, 0) is 0 Å². The highest BCUT2D eigenvalue weighted by Crippen LogP contribution is 2.37. The first kappa shape index (κ1) is 21.7. The van der Waals surface area contributed by atoms with E-state index >= 15 is 0 Å². The van der Waals surface area contributed by atoms with Gasteiger partial charge in [0.05, 0.1) is 22.2 Å². The molecule has 8 heteroatoms. The lowest BCUT2D eigenvalue weighted by Crippen LogP contribution is -2.44. The molecule has 5 N–H and O–H groups in total. The minimum Gasteiger partial charge on any atom is -0.404 e. The van der Waals surface area contributed by atoms with E-state index in [2.05, 4.69) is 11.1 Å². The number of likely N-dealkylation sites (tertiary alicyclic amines) is 1. The van der Waals surface area contributed by atoms with Crippen molar-refractivity contribution in [3.63, 3.8) is 0 Å². The Bertz CT molecular complexity index is 1000. The lowest BCUT2D eigenvalue weighted by atomic mass is 10.1. The largest absolute Gasteiger partial charge is 0.404 e.